The molecular weight excluding hydrogens is 399 g/mol. The minimum atomic E-state index is -2.76. The van der Waals surface area contributed by atoms with Crippen LogP contribution >= 0.6 is 11.6 Å². The number of nitro groups is 1. The standard InChI is InChI=1S/C18H15ClF3N3O3/c1-9-4-15(23-11-7-18(21,22)8-11)12(6-16(9)25(27)28)17(26)24-10-2-3-14(20)13(19)5-10/h2-6,11,23H,7-8H2,1H3,(H,24,26). The average Bonchev–Trinajstić information content (AvgIpc) is 2.56. The smallest absolute Gasteiger partial charge is 0.273 e. The van der Waals surface area contributed by atoms with Crippen molar-refractivity contribution in [3.8, 4) is 0 Å². The van der Waals surface area contributed by atoms with Crippen LogP contribution in [0.2, 0.25) is 5.02 Å². The summed E-state index contributed by atoms with van der Waals surface area (Å²) in [5, 5.41) is 16.3. The van der Waals surface area contributed by atoms with E-state index >= 15 is 0 Å². The molecule has 1 aliphatic rings. The average molecular weight is 414 g/mol. The predicted octanol–water partition coefficient (Wildman–Crippen LogP) is 5.16. The molecule has 28 heavy (non-hydrogen) atoms. The van der Waals surface area contributed by atoms with Crippen LogP contribution in [0.3, 0.4) is 0 Å². The third kappa shape index (κ3) is 4.19. The Balaban J connectivity index is 1.91. The normalized spacial score (nSPS) is 15.6. The minimum absolute atomic E-state index is 0.0898. The summed E-state index contributed by atoms with van der Waals surface area (Å²) in [6.07, 6.45) is -0.782. The van der Waals surface area contributed by atoms with Crippen LogP contribution in [0.5, 0.6) is 0 Å². The second-order valence-electron chi connectivity index (χ2n) is 6.63. The largest absolute Gasteiger partial charge is 0.381 e. The zero-order valence-electron chi connectivity index (χ0n) is 14.6. The number of hydrogen-bond acceptors (Lipinski definition) is 4. The number of carbonyl (C=O) groups excluding carboxylic acids is 1. The van der Waals surface area contributed by atoms with Gasteiger partial charge < -0.3 is 10.6 Å². The van der Waals surface area contributed by atoms with Gasteiger partial charge in [-0.3, -0.25) is 14.9 Å². The SMILES string of the molecule is Cc1cc(NC2CC(F)(F)C2)c(C(=O)Nc2ccc(F)c(Cl)c2)cc1[N+](=O)[O-]. The van der Waals surface area contributed by atoms with Gasteiger partial charge in [0, 0.05) is 41.9 Å². The quantitative estimate of drug-likeness (QED) is 0.524. The molecule has 0 unspecified atom stereocenters. The van der Waals surface area contributed by atoms with Crippen molar-refractivity contribution in [1.82, 2.24) is 0 Å². The lowest BCUT2D eigenvalue weighted by Crippen LogP contribution is -2.44. The molecular formula is C18H15ClF3N3O3. The van der Waals surface area contributed by atoms with Gasteiger partial charge in [0.25, 0.3) is 17.5 Å². The van der Waals surface area contributed by atoms with Crippen LogP contribution in [0.4, 0.5) is 30.2 Å². The first-order valence-electron chi connectivity index (χ1n) is 8.25. The summed E-state index contributed by atoms with van der Waals surface area (Å²) >= 11 is 5.69. The Bertz CT molecular complexity index is 961. The van der Waals surface area contributed by atoms with E-state index in [1.54, 1.807) is 0 Å². The zero-order chi connectivity index (χ0) is 20.6. The van der Waals surface area contributed by atoms with Crippen molar-refractivity contribution in [2.24, 2.45) is 0 Å². The molecule has 2 aromatic carbocycles. The molecule has 1 amide bonds. The molecule has 0 heterocycles. The summed E-state index contributed by atoms with van der Waals surface area (Å²) in [5.74, 6) is -4.15. The van der Waals surface area contributed by atoms with Gasteiger partial charge in [0.2, 0.25) is 0 Å². The number of rotatable bonds is 5. The number of amides is 1. The Morgan fingerprint density at radius 1 is 1.29 bits per heavy atom. The van der Waals surface area contributed by atoms with Gasteiger partial charge in [-0.2, -0.15) is 0 Å². The third-order valence-corrected chi connectivity index (χ3v) is 4.69. The fourth-order valence-electron chi connectivity index (χ4n) is 2.96. The zero-order valence-corrected chi connectivity index (χ0v) is 15.3. The molecule has 6 nitrogen and oxygen atoms in total. The third-order valence-electron chi connectivity index (χ3n) is 4.40. The fourth-order valence-corrected chi connectivity index (χ4v) is 3.14. The van der Waals surface area contributed by atoms with Gasteiger partial charge in [-0.05, 0) is 31.2 Å². The van der Waals surface area contributed by atoms with Gasteiger partial charge in [0.1, 0.15) is 5.82 Å². The van der Waals surface area contributed by atoms with Crippen molar-refractivity contribution in [3.63, 3.8) is 0 Å². The van der Waals surface area contributed by atoms with Crippen LogP contribution in [0.25, 0.3) is 0 Å². The monoisotopic (exact) mass is 413 g/mol. The van der Waals surface area contributed by atoms with E-state index in [1.807, 2.05) is 0 Å². The topological polar surface area (TPSA) is 84.3 Å². The maximum atomic E-state index is 13.3. The van der Waals surface area contributed by atoms with Gasteiger partial charge in [-0.15, -0.1) is 0 Å². The van der Waals surface area contributed by atoms with Gasteiger partial charge >= 0.3 is 0 Å². The molecule has 0 atom stereocenters. The van der Waals surface area contributed by atoms with Gasteiger partial charge in [0.05, 0.1) is 15.5 Å². The highest BCUT2D eigenvalue weighted by atomic mass is 35.5. The van der Waals surface area contributed by atoms with E-state index in [4.69, 9.17) is 11.6 Å². The molecule has 1 saturated carbocycles. The lowest BCUT2D eigenvalue weighted by molar-refractivity contribution is -0.385. The van der Waals surface area contributed by atoms with Crippen molar-refractivity contribution in [3.05, 3.63) is 62.4 Å². The Morgan fingerprint density at radius 3 is 2.54 bits per heavy atom. The number of halogens is 4. The van der Waals surface area contributed by atoms with Crippen molar-refractivity contribution >= 4 is 34.6 Å². The second-order valence-corrected chi connectivity index (χ2v) is 7.04. The number of benzene rings is 2. The molecule has 148 valence electrons. The highest BCUT2D eigenvalue weighted by molar-refractivity contribution is 6.31. The molecule has 0 radical (unpaired) electrons. The highest BCUT2D eigenvalue weighted by Crippen LogP contribution is 2.40. The van der Waals surface area contributed by atoms with Crippen molar-refractivity contribution in [2.75, 3.05) is 10.6 Å². The Hall–Kier alpha value is -2.81. The first-order chi connectivity index (χ1) is 13.1. The van der Waals surface area contributed by atoms with E-state index in [0.29, 0.717) is 0 Å². The van der Waals surface area contributed by atoms with Crippen LogP contribution in [0, 0.1) is 22.9 Å². The molecule has 10 heteroatoms. The Labute approximate surface area is 162 Å². The first-order valence-corrected chi connectivity index (χ1v) is 8.63. The fraction of sp³-hybridized carbons (Fsp3) is 0.278. The molecule has 2 N–H and O–H groups in total. The predicted molar refractivity (Wildman–Crippen MR) is 98.8 cm³/mol. The first kappa shape index (κ1) is 19.9. The maximum Gasteiger partial charge on any atom is 0.273 e. The number of aryl methyl sites for hydroxylation is 1. The lowest BCUT2D eigenvalue weighted by atomic mass is 9.87. The second kappa shape index (κ2) is 7.31. The molecule has 0 saturated heterocycles. The van der Waals surface area contributed by atoms with E-state index in [1.165, 1.54) is 25.1 Å². The highest BCUT2D eigenvalue weighted by Gasteiger charge is 2.45. The summed E-state index contributed by atoms with van der Waals surface area (Å²) in [7, 11) is 0. The van der Waals surface area contributed by atoms with Crippen LogP contribution in [-0.2, 0) is 0 Å². The van der Waals surface area contributed by atoms with Gasteiger partial charge in [-0.1, -0.05) is 11.6 Å². The number of alkyl halides is 2. The van der Waals surface area contributed by atoms with Crippen LogP contribution in [0.1, 0.15) is 28.8 Å². The number of anilines is 2. The van der Waals surface area contributed by atoms with E-state index < -0.39 is 41.5 Å². The van der Waals surface area contributed by atoms with Crippen LogP contribution in [0.15, 0.2) is 30.3 Å². The maximum absolute atomic E-state index is 13.3. The summed E-state index contributed by atoms with van der Waals surface area (Å²) in [6, 6.07) is 5.43. The van der Waals surface area contributed by atoms with Crippen molar-refractivity contribution in [1.29, 1.82) is 0 Å². The number of nitrogens with zero attached hydrogens (tertiary/aromatic N) is 1. The number of carbonyl (C=O) groups is 1. The summed E-state index contributed by atoms with van der Waals surface area (Å²) in [4.78, 5) is 23.3. The number of hydrogen-bond donors (Lipinski definition) is 2. The van der Waals surface area contributed by atoms with Crippen molar-refractivity contribution < 1.29 is 22.9 Å². The summed E-state index contributed by atoms with van der Waals surface area (Å²) in [5.41, 5.74) is 0.287. The summed E-state index contributed by atoms with van der Waals surface area (Å²) < 4.78 is 39.5. The molecule has 0 spiro atoms. The van der Waals surface area contributed by atoms with E-state index in [9.17, 15) is 28.1 Å². The molecule has 0 aliphatic heterocycles. The molecule has 2 aromatic rings. The van der Waals surface area contributed by atoms with Crippen LogP contribution < -0.4 is 10.6 Å². The molecule has 1 aliphatic carbocycles. The van der Waals surface area contributed by atoms with Crippen LogP contribution in [-0.4, -0.2) is 22.8 Å². The van der Waals surface area contributed by atoms with Gasteiger partial charge in [-0.25, -0.2) is 13.2 Å². The summed E-state index contributed by atoms with van der Waals surface area (Å²) in [6.45, 7) is 1.49. The van der Waals surface area contributed by atoms with Gasteiger partial charge in [0.15, 0.2) is 0 Å². The minimum Gasteiger partial charge on any atom is -0.381 e. The van der Waals surface area contributed by atoms with E-state index in [2.05, 4.69) is 10.6 Å². The molecule has 3 rings (SSSR count). The molecule has 0 aromatic heterocycles. The van der Waals surface area contributed by atoms with Crippen molar-refractivity contribution in [2.45, 2.75) is 31.7 Å². The number of nitro benzene ring substituents is 1. The van der Waals surface area contributed by atoms with E-state index in [0.717, 1.165) is 12.1 Å². The molecule has 0 bridgehead atoms. The van der Waals surface area contributed by atoms with E-state index in [-0.39, 0.29) is 33.2 Å². The number of nitrogens with one attached hydrogen (secondary N) is 2. The Morgan fingerprint density at radius 2 is 1.96 bits per heavy atom. The lowest BCUT2D eigenvalue weighted by Gasteiger charge is -2.36. The Kier molecular flexibility index (Phi) is 5.20. The molecule has 1 fully saturated rings.